The van der Waals surface area contributed by atoms with E-state index < -0.39 is 5.60 Å². The molecule has 4 bridgehead atoms. The maximum absolute atomic E-state index is 12.9. The third-order valence-corrected chi connectivity index (χ3v) is 6.37. The highest BCUT2D eigenvalue weighted by Crippen LogP contribution is 2.58. The first-order valence-corrected chi connectivity index (χ1v) is 8.87. The Hall–Kier alpha value is -1.61. The molecule has 1 aromatic carbocycles. The SMILES string of the molecule is O=C(OC1(c2ccccc2)CC2CCC1C2)C1CC2C=CC1O2. The van der Waals surface area contributed by atoms with E-state index in [1.807, 2.05) is 12.1 Å². The molecule has 1 saturated heterocycles. The molecular weight excluding hydrogens is 288 g/mol. The van der Waals surface area contributed by atoms with Crippen LogP contribution in [0.15, 0.2) is 42.5 Å². The maximum atomic E-state index is 12.9. The molecule has 3 heteroatoms. The highest BCUT2D eigenvalue weighted by Gasteiger charge is 2.56. The smallest absolute Gasteiger partial charge is 0.312 e. The van der Waals surface area contributed by atoms with Gasteiger partial charge in [-0.25, -0.2) is 0 Å². The minimum Gasteiger partial charge on any atom is -0.454 e. The first kappa shape index (κ1) is 13.8. The van der Waals surface area contributed by atoms with Gasteiger partial charge in [-0.1, -0.05) is 42.5 Å². The lowest BCUT2D eigenvalue weighted by Crippen LogP contribution is -2.40. The van der Waals surface area contributed by atoms with Gasteiger partial charge in [-0.05, 0) is 43.6 Å². The second-order valence-corrected chi connectivity index (χ2v) is 7.62. The van der Waals surface area contributed by atoms with E-state index in [4.69, 9.17) is 9.47 Å². The first-order valence-electron chi connectivity index (χ1n) is 8.87. The van der Waals surface area contributed by atoms with Gasteiger partial charge in [0.1, 0.15) is 5.60 Å². The monoisotopic (exact) mass is 310 g/mol. The van der Waals surface area contributed by atoms with Crippen molar-refractivity contribution in [3.63, 3.8) is 0 Å². The second kappa shape index (κ2) is 4.94. The molecule has 2 aliphatic carbocycles. The maximum Gasteiger partial charge on any atom is 0.312 e. The summed E-state index contributed by atoms with van der Waals surface area (Å²) in [4.78, 5) is 12.9. The Bertz CT molecular complexity index is 652. The highest BCUT2D eigenvalue weighted by atomic mass is 16.6. The van der Waals surface area contributed by atoms with Gasteiger partial charge >= 0.3 is 5.97 Å². The van der Waals surface area contributed by atoms with Crippen LogP contribution in [0.25, 0.3) is 0 Å². The van der Waals surface area contributed by atoms with E-state index in [-0.39, 0.29) is 24.1 Å². The summed E-state index contributed by atoms with van der Waals surface area (Å²) >= 11 is 0. The molecule has 0 aromatic heterocycles. The predicted molar refractivity (Wildman–Crippen MR) is 85.6 cm³/mol. The molecule has 6 unspecified atom stereocenters. The van der Waals surface area contributed by atoms with Crippen molar-refractivity contribution in [1.82, 2.24) is 0 Å². The molecule has 2 saturated carbocycles. The molecule has 0 spiro atoms. The molecule has 3 nitrogen and oxygen atoms in total. The van der Waals surface area contributed by atoms with Crippen molar-refractivity contribution in [2.75, 3.05) is 0 Å². The molecule has 0 N–H and O–H groups in total. The summed E-state index contributed by atoms with van der Waals surface area (Å²) in [5.41, 5.74) is 0.785. The van der Waals surface area contributed by atoms with Crippen LogP contribution in [0.4, 0.5) is 0 Å². The van der Waals surface area contributed by atoms with Crippen LogP contribution in [-0.2, 0) is 19.9 Å². The van der Waals surface area contributed by atoms with Crippen LogP contribution in [0.2, 0.25) is 0 Å². The first-order chi connectivity index (χ1) is 11.2. The highest BCUT2D eigenvalue weighted by molar-refractivity contribution is 5.75. The summed E-state index contributed by atoms with van der Waals surface area (Å²) in [6, 6.07) is 10.4. The molecule has 2 aliphatic heterocycles. The summed E-state index contributed by atoms with van der Waals surface area (Å²) in [7, 11) is 0. The lowest BCUT2D eigenvalue weighted by Gasteiger charge is -2.38. The fourth-order valence-corrected chi connectivity index (χ4v) is 5.30. The molecule has 0 amide bonds. The van der Waals surface area contributed by atoms with Gasteiger partial charge in [0.05, 0.1) is 18.1 Å². The van der Waals surface area contributed by atoms with Crippen molar-refractivity contribution in [2.45, 2.75) is 49.9 Å². The van der Waals surface area contributed by atoms with Crippen molar-refractivity contribution in [3.8, 4) is 0 Å². The summed E-state index contributed by atoms with van der Waals surface area (Å²) < 4.78 is 12.1. The number of hydrogen-bond acceptors (Lipinski definition) is 3. The van der Waals surface area contributed by atoms with Crippen LogP contribution < -0.4 is 0 Å². The average molecular weight is 310 g/mol. The molecule has 1 aromatic rings. The van der Waals surface area contributed by atoms with Crippen molar-refractivity contribution in [2.24, 2.45) is 17.8 Å². The number of rotatable bonds is 3. The number of carbonyl (C=O) groups is 1. The molecule has 5 rings (SSSR count). The Morgan fingerprint density at radius 3 is 2.61 bits per heavy atom. The van der Waals surface area contributed by atoms with Gasteiger partial charge in [0.25, 0.3) is 0 Å². The van der Waals surface area contributed by atoms with E-state index in [1.165, 1.54) is 24.8 Å². The van der Waals surface area contributed by atoms with Crippen LogP contribution >= 0.6 is 0 Å². The van der Waals surface area contributed by atoms with Gasteiger partial charge in [0.2, 0.25) is 0 Å². The lowest BCUT2D eigenvalue weighted by molar-refractivity contribution is -0.174. The van der Waals surface area contributed by atoms with Crippen LogP contribution in [-0.4, -0.2) is 18.2 Å². The normalized spacial score (nSPS) is 43.2. The number of esters is 1. The summed E-state index contributed by atoms with van der Waals surface area (Å²) in [5, 5.41) is 0. The van der Waals surface area contributed by atoms with Gasteiger partial charge in [-0.2, -0.15) is 0 Å². The van der Waals surface area contributed by atoms with Gasteiger partial charge in [-0.15, -0.1) is 0 Å². The fraction of sp³-hybridized carbons (Fsp3) is 0.550. The number of benzene rings is 1. The summed E-state index contributed by atoms with van der Waals surface area (Å²) in [6.45, 7) is 0. The minimum atomic E-state index is -0.396. The van der Waals surface area contributed by atoms with Gasteiger partial charge in [0, 0.05) is 5.92 Å². The Kier molecular flexibility index (Phi) is 2.96. The molecule has 3 fully saturated rings. The summed E-state index contributed by atoms with van der Waals surface area (Å²) in [6.07, 6.45) is 9.58. The topological polar surface area (TPSA) is 35.5 Å². The Labute approximate surface area is 136 Å². The van der Waals surface area contributed by atoms with Crippen LogP contribution in [0.5, 0.6) is 0 Å². The molecule has 4 aliphatic rings. The number of hydrogen-bond donors (Lipinski definition) is 0. The van der Waals surface area contributed by atoms with Gasteiger partial charge in [0.15, 0.2) is 0 Å². The van der Waals surface area contributed by atoms with E-state index in [1.54, 1.807) is 0 Å². The fourth-order valence-electron chi connectivity index (χ4n) is 5.30. The predicted octanol–water partition coefficient (Wildman–Crippen LogP) is 3.59. The third kappa shape index (κ3) is 2.02. The third-order valence-electron chi connectivity index (χ3n) is 6.37. The number of ether oxygens (including phenoxy) is 2. The van der Waals surface area contributed by atoms with Crippen molar-refractivity contribution in [1.29, 1.82) is 0 Å². The second-order valence-electron chi connectivity index (χ2n) is 7.62. The van der Waals surface area contributed by atoms with E-state index in [2.05, 4.69) is 30.3 Å². The quantitative estimate of drug-likeness (QED) is 0.632. The van der Waals surface area contributed by atoms with E-state index in [9.17, 15) is 4.79 Å². The Morgan fingerprint density at radius 2 is 2.00 bits per heavy atom. The molecule has 23 heavy (non-hydrogen) atoms. The Morgan fingerprint density at radius 1 is 1.13 bits per heavy atom. The number of fused-ring (bicyclic) bond motifs is 4. The summed E-state index contributed by atoms with van der Waals surface area (Å²) in [5.74, 6) is 1.01. The number of carbonyl (C=O) groups excluding carboxylic acids is 1. The van der Waals surface area contributed by atoms with Crippen molar-refractivity contribution < 1.29 is 14.3 Å². The minimum absolute atomic E-state index is 0.0572. The van der Waals surface area contributed by atoms with E-state index in [0.717, 1.165) is 12.8 Å². The molecule has 2 heterocycles. The average Bonchev–Trinajstić information content (AvgIpc) is 3.36. The van der Waals surface area contributed by atoms with Gasteiger partial charge < -0.3 is 9.47 Å². The zero-order valence-electron chi connectivity index (χ0n) is 13.2. The lowest BCUT2D eigenvalue weighted by atomic mass is 9.78. The molecule has 120 valence electrons. The van der Waals surface area contributed by atoms with E-state index in [0.29, 0.717) is 11.8 Å². The van der Waals surface area contributed by atoms with Crippen molar-refractivity contribution >= 4 is 5.97 Å². The van der Waals surface area contributed by atoms with Crippen LogP contribution in [0, 0.1) is 17.8 Å². The van der Waals surface area contributed by atoms with Crippen LogP contribution in [0.1, 0.15) is 37.7 Å². The molecule has 6 atom stereocenters. The van der Waals surface area contributed by atoms with Crippen molar-refractivity contribution in [3.05, 3.63) is 48.0 Å². The standard InChI is InChI=1S/C20H22O3/c21-19(17-11-16-8-9-18(17)22-16)23-20(14-4-2-1-3-5-14)12-13-6-7-15(20)10-13/h1-5,8-9,13,15-18H,6-7,10-12H2. The largest absolute Gasteiger partial charge is 0.454 e. The van der Waals surface area contributed by atoms with Crippen LogP contribution in [0.3, 0.4) is 0 Å². The zero-order chi connectivity index (χ0) is 15.4. The zero-order valence-corrected chi connectivity index (χ0v) is 13.2. The Balaban J connectivity index is 1.45. The molecular formula is C20H22O3. The van der Waals surface area contributed by atoms with E-state index >= 15 is 0 Å². The van der Waals surface area contributed by atoms with Gasteiger partial charge in [-0.3, -0.25) is 4.79 Å². The molecule has 0 radical (unpaired) electrons.